The van der Waals surface area contributed by atoms with Crippen molar-refractivity contribution in [2.45, 2.75) is 39.5 Å². The number of ether oxygens (including phenoxy) is 1. The van der Waals surface area contributed by atoms with Crippen LogP contribution in [0.4, 0.5) is 0 Å². The van der Waals surface area contributed by atoms with Crippen LogP contribution in [-0.4, -0.2) is 37.9 Å². The SMILES string of the molecule is C.CC(C)(N)C(=O)N[C@@H](COCc1ccccc1)c1nnc2ccc(Cl)nn12. The Morgan fingerprint density at radius 1 is 1.25 bits per heavy atom. The lowest BCUT2D eigenvalue weighted by atomic mass is 10.1. The number of nitrogens with one attached hydrogen (secondary N) is 1. The van der Waals surface area contributed by atoms with Crippen molar-refractivity contribution >= 4 is 23.2 Å². The number of amides is 1. The van der Waals surface area contributed by atoms with Crippen molar-refractivity contribution in [1.29, 1.82) is 0 Å². The van der Waals surface area contributed by atoms with Crippen molar-refractivity contribution in [2.24, 2.45) is 5.73 Å². The van der Waals surface area contributed by atoms with E-state index >= 15 is 0 Å². The highest BCUT2D eigenvalue weighted by molar-refractivity contribution is 6.29. The van der Waals surface area contributed by atoms with Gasteiger partial charge < -0.3 is 15.8 Å². The van der Waals surface area contributed by atoms with Gasteiger partial charge in [0.2, 0.25) is 5.91 Å². The number of rotatable bonds is 7. The van der Waals surface area contributed by atoms with Crippen LogP contribution in [0.15, 0.2) is 42.5 Å². The third-order valence-corrected chi connectivity index (χ3v) is 4.05. The van der Waals surface area contributed by atoms with Crippen LogP contribution in [0.5, 0.6) is 0 Å². The van der Waals surface area contributed by atoms with E-state index < -0.39 is 11.6 Å². The van der Waals surface area contributed by atoms with Gasteiger partial charge in [-0.2, -0.15) is 9.61 Å². The van der Waals surface area contributed by atoms with Crippen LogP contribution < -0.4 is 11.1 Å². The highest BCUT2D eigenvalue weighted by atomic mass is 35.5. The highest BCUT2D eigenvalue weighted by Gasteiger charge is 2.28. The highest BCUT2D eigenvalue weighted by Crippen LogP contribution is 2.16. The zero-order chi connectivity index (χ0) is 19.4. The standard InChI is InChI=1S/C18H21ClN6O2.CH4/c1-18(2,20)17(26)21-13(11-27-10-12-6-4-3-5-7-12)16-23-22-15-9-8-14(19)24-25(15)16;/h3-9,13H,10-11,20H2,1-2H3,(H,21,26);1H4/t13-;/m0./s1. The maximum Gasteiger partial charge on any atom is 0.240 e. The number of hydrogen-bond donors (Lipinski definition) is 2. The molecule has 0 bridgehead atoms. The molecule has 0 fully saturated rings. The maximum atomic E-state index is 12.4. The van der Waals surface area contributed by atoms with Crippen molar-refractivity contribution in [3.8, 4) is 0 Å². The van der Waals surface area contributed by atoms with Gasteiger partial charge in [0.25, 0.3) is 0 Å². The van der Waals surface area contributed by atoms with Gasteiger partial charge in [-0.15, -0.1) is 10.2 Å². The minimum atomic E-state index is -1.05. The molecule has 1 aromatic carbocycles. The quantitative estimate of drug-likeness (QED) is 0.626. The second-order valence-electron chi connectivity index (χ2n) is 6.73. The number of nitrogens with zero attached hydrogens (tertiary/aromatic N) is 4. The third kappa shape index (κ3) is 5.25. The van der Waals surface area contributed by atoms with E-state index in [-0.39, 0.29) is 25.1 Å². The van der Waals surface area contributed by atoms with Gasteiger partial charge in [-0.25, -0.2) is 0 Å². The number of aromatic nitrogens is 4. The van der Waals surface area contributed by atoms with Crippen LogP contribution in [0.25, 0.3) is 5.65 Å². The van der Waals surface area contributed by atoms with E-state index in [0.717, 1.165) is 5.56 Å². The lowest BCUT2D eigenvalue weighted by Gasteiger charge is -2.23. The molecule has 1 atom stereocenters. The molecule has 150 valence electrons. The number of benzene rings is 1. The molecule has 0 saturated carbocycles. The molecule has 0 spiro atoms. The molecule has 0 unspecified atom stereocenters. The van der Waals surface area contributed by atoms with Gasteiger partial charge in [-0.3, -0.25) is 4.79 Å². The minimum absolute atomic E-state index is 0. The van der Waals surface area contributed by atoms with E-state index in [1.807, 2.05) is 30.3 Å². The first kappa shape index (κ1) is 21.7. The Morgan fingerprint density at radius 2 is 1.96 bits per heavy atom. The number of carbonyl (C=O) groups excluding carboxylic acids is 1. The lowest BCUT2D eigenvalue weighted by molar-refractivity contribution is -0.126. The monoisotopic (exact) mass is 404 g/mol. The van der Waals surface area contributed by atoms with Crippen molar-refractivity contribution < 1.29 is 9.53 Å². The van der Waals surface area contributed by atoms with E-state index in [2.05, 4.69) is 20.6 Å². The van der Waals surface area contributed by atoms with E-state index in [4.69, 9.17) is 22.1 Å². The number of halogens is 1. The molecule has 1 amide bonds. The molecule has 8 nitrogen and oxygen atoms in total. The summed E-state index contributed by atoms with van der Waals surface area (Å²) >= 11 is 5.99. The van der Waals surface area contributed by atoms with E-state index in [1.165, 1.54) is 4.52 Å². The smallest absolute Gasteiger partial charge is 0.240 e. The fourth-order valence-corrected chi connectivity index (χ4v) is 2.53. The molecule has 3 aromatic rings. The first-order valence-corrected chi connectivity index (χ1v) is 8.82. The average molecular weight is 405 g/mol. The van der Waals surface area contributed by atoms with Gasteiger partial charge in [-0.05, 0) is 31.5 Å². The molecule has 0 aliphatic carbocycles. The molecule has 2 heterocycles. The molecular weight excluding hydrogens is 380 g/mol. The summed E-state index contributed by atoms with van der Waals surface area (Å²) in [6.07, 6.45) is 0. The largest absolute Gasteiger partial charge is 0.374 e. The molecular formula is C19H25ClN6O2. The van der Waals surface area contributed by atoms with Crippen LogP contribution in [0.1, 0.15) is 38.7 Å². The molecule has 0 radical (unpaired) electrons. The van der Waals surface area contributed by atoms with E-state index in [1.54, 1.807) is 26.0 Å². The van der Waals surface area contributed by atoms with Gasteiger partial charge in [0, 0.05) is 0 Å². The van der Waals surface area contributed by atoms with Crippen LogP contribution >= 0.6 is 11.6 Å². The molecule has 2 aromatic heterocycles. The first-order chi connectivity index (χ1) is 12.8. The van der Waals surface area contributed by atoms with Crippen LogP contribution in [0.2, 0.25) is 5.15 Å². The number of hydrogen-bond acceptors (Lipinski definition) is 6. The van der Waals surface area contributed by atoms with Crippen molar-refractivity contribution in [3.63, 3.8) is 0 Å². The lowest BCUT2D eigenvalue weighted by Crippen LogP contribution is -2.51. The summed E-state index contributed by atoms with van der Waals surface area (Å²) in [5.74, 6) is 0.0766. The molecule has 9 heteroatoms. The summed E-state index contributed by atoms with van der Waals surface area (Å²) in [6.45, 7) is 3.82. The third-order valence-electron chi connectivity index (χ3n) is 3.85. The normalized spacial score (nSPS) is 12.4. The molecule has 28 heavy (non-hydrogen) atoms. The summed E-state index contributed by atoms with van der Waals surface area (Å²) < 4.78 is 7.29. The summed E-state index contributed by atoms with van der Waals surface area (Å²) in [5, 5.41) is 15.6. The topological polar surface area (TPSA) is 107 Å². The van der Waals surface area contributed by atoms with Crippen LogP contribution in [0, 0.1) is 0 Å². The zero-order valence-electron chi connectivity index (χ0n) is 15.1. The van der Waals surface area contributed by atoms with Gasteiger partial charge in [0.15, 0.2) is 11.5 Å². The Bertz CT molecular complexity index is 923. The summed E-state index contributed by atoms with van der Waals surface area (Å²) in [5.41, 5.74) is 6.39. The van der Waals surface area contributed by atoms with Crippen molar-refractivity contribution in [1.82, 2.24) is 25.1 Å². The second kappa shape index (κ2) is 9.09. The van der Waals surface area contributed by atoms with Crippen molar-refractivity contribution in [2.75, 3.05) is 6.61 Å². The Morgan fingerprint density at radius 3 is 2.64 bits per heavy atom. The number of fused-ring (bicyclic) bond motifs is 1. The first-order valence-electron chi connectivity index (χ1n) is 8.44. The van der Waals surface area contributed by atoms with Gasteiger partial charge in [-0.1, -0.05) is 49.4 Å². The summed E-state index contributed by atoms with van der Waals surface area (Å²) in [7, 11) is 0. The Hall–Kier alpha value is -2.55. The number of carbonyl (C=O) groups is 1. The summed E-state index contributed by atoms with van der Waals surface area (Å²) in [6, 6.07) is 12.5. The second-order valence-corrected chi connectivity index (χ2v) is 7.12. The number of nitrogens with two attached hydrogens (primary N) is 1. The molecule has 0 aliphatic rings. The molecule has 0 saturated heterocycles. The van der Waals surface area contributed by atoms with Crippen LogP contribution in [-0.2, 0) is 16.1 Å². The fourth-order valence-electron chi connectivity index (χ4n) is 2.39. The molecule has 0 aliphatic heterocycles. The minimum Gasteiger partial charge on any atom is -0.374 e. The average Bonchev–Trinajstić information content (AvgIpc) is 3.03. The van der Waals surface area contributed by atoms with E-state index in [9.17, 15) is 4.79 Å². The zero-order valence-corrected chi connectivity index (χ0v) is 15.8. The maximum absolute atomic E-state index is 12.4. The summed E-state index contributed by atoms with van der Waals surface area (Å²) in [4.78, 5) is 12.4. The van der Waals surface area contributed by atoms with Crippen molar-refractivity contribution in [3.05, 3.63) is 59.0 Å². The molecule has 3 rings (SSSR count). The Balaban J connectivity index is 0.00000280. The fraction of sp³-hybridized carbons (Fsp3) is 0.368. The predicted octanol–water partition coefficient (Wildman–Crippen LogP) is 2.53. The van der Waals surface area contributed by atoms with Gasteiger partial charge in [0.1, 0.15) is 11.2 Å². The predicted molar refractivity (Wildman–Crippen MR) is 108 cm³/mol. The Kier molecular flexibility index (Phi) is 7.06. The Labute approximate surface area is 169 Å². The van der Waals surface area contributed by atoms with Gasteiger partial charge >= 0.3 is 0 Å². The molecule has 3 N–H and O–H groups in total. The van der Waals surface area contributed by atoms with Gasteiger partial charge in [0.05, 0.1) is 18.8 Å². The van der Waals surface area contributed by atoms with Crippen LogP contribution in [0.3, 0.4) is 0 Å². The van der Waals surface area contributed by atoms with E-state index in [0.29, 0.717) is 18.1 Å².